The Kier molecular flexibility index (Phi) is 8.91. The zero-order chi connectivity index (χ0) is 18.9. The van der Waals surface area contributed by atoms with Gasteiger partial charge in [-0.05, 0) is 30.1 Å². The maximum atomic E-state index is 12.1. The van der Waals surface area contributed by atoms with Crippen molar-refractivity contribution in [2.75, 3.05) is 20.2 Å². The summed E-state index contributed by atoms with van der Waals surface area (Å²) < 4.78 is 4.62. The van der Waals surface area contributed by atoms with Gasteiger partial charge in [0.1, 0.15) is 0 Å². The van der Waals surface area contributed by atoms with E-state index in [-0.39, 0.29) is 22.8 Å². The highest BCUT2D eigenvalue weighted by molar-refractivity contribution is 5.69. The highest BCUT2D eigenvalue weighted by Gasteiger charge is 2.38. The van der Waals surface area contributed by atoms with Crippen LogP contribution >= 0.6 is 0 Å². The molecule has 0 radical (unpaired) electrons. The first-order valence-electron chi connectivity index (χ1n) is 9.66. The molecule has 1 rings (SSSR count). The van der Waals surface area contributed by atoms with Gasteiger partial charge in [-0.3, -0.25) is 9.59 Å². The fraction of sp³-hybridized carbons (Fsp3) is 0.900. The molecule has 5 nitrogen and oxygen atoms in total. The summed E-state index contributed by atoms with van der Waals surface area (Å²) in [6, 6.07) is 0. The van der Waals surface area contributed by atoms with E-state index < -0.39 is 0 Å². The molecule has 0 aromatic rings. The average Bonchev–Trinajstić information content (AvgIpc) is 2.46. The highest BCUT2D eigenvalue weighted by Crippen LogP contribution is 2.39. The number of nitrogens with zero attached hydrogens (tertiary/aromatic N) is 1. The fourth-order valence-corrected chi connectivity index (χ4v) is 4.02. The summed E-state index contributed by atoms with van der Waals surface area (Å²) in [6.07, 6.45) is 8.15. The third kappa shape index (κ3) is 9.83. The van der Waals surface area contributed by atoms with Gasteiger partial charge in [-0.2, -0.15) is 0 Å². The molecule has 0 aromatic carbocycles. The Bertz CT molecular complexity index is 415. The summed E-state index contributed by atoms with van der Waals surface area (Å²) >= 11 is 0. The van der Waals surface area contributed by atoms with E-state index in [2.05, 4.69) is 32.4 Å². The fourth-order valence-electron chi connectivity index (χ4n) is 4.02. The van der Waals surface area contributed by atoms with Crippen molar-refractivity contribution in [3.8, 4) is 0 Å². The minimum absolute atomic E-state index is 0.112. The van der Waals surface area contributed by atoms with Gasteiger partial charge in [0.15, 0.2) is 0 Å². The first-order valence-corrected chi connectivity index (χ1v) is 9.66. The molecule has 0 aliphatic carbocycles. The lowest BCUT2D eigenvalue weighted by molar-refractivity contribution is -0.215. The van der Waals surface area contributed by atoms with Gasteiger partial charge in [-0.25, -0.2) is 0 Å². The molecule has 0 unspecified atom stereocenters. The van der Waals surface area contributed by atoms with Gasteiger partial charge in [0.25, 0.3) is 0 Å². The lowest BCUT2D eigenvalue weighted by Crippen LogP contribution is -2.49. The van der Waals surface area contributed by atoms with Crippen molar-refractivity contribution in [3.05, 3.63) is 0 Å². The lowest BCUT2D eigenvalue weighted by Gasteiger charge is -2.45. The van der Waals surface area contributed by atoms with Crippen molar-refractivity contribution in [1.29, 1.82) is 0 Å². The number of rotatable bonds is 10. The lowest BCUT2D eigenvalue weighted by atomic mass is 9.72. The van der Waals surface area contributed by atoms with E-state index >= 15 is 0 Å². The van der Waals surface area contributed by atoms with Crippen LogP contribution in [0.1, 0.15) is 85.5 Å². The number of carbonyl (C=O) groups excluding carboxylic acids is 2. The Balaban J connectivity index is 2.10. The number of piperidine rings is 1. The molecular formula is C20H37NO4. The van der Waals surface area contributed by atoms with Crippen LogP contribution in [0.4, 0.5) is 0 Å². The van der Waals surface area contributed by atoms with Crippen LogP contribution in [0.15, 0.2) is 0 Å². The van der Waals surface area contributed by atoms with Crippen LogP contribution < -0.4 is 0 Å². The van der Waals surface area contributed by atoms with Crippen molar-refractivity contribution >= 4 is 11.9 Å². The van der Waals surface area contributed by atoms with Crippen LogP contribution in [0, 0.1) is 10.8 Å². The quantitative estimate of drug-likeness (QED) is 0.427. The molecule has 1 saturated heterocycles. The van der Waals surface area contributed by atoms with Gasteiger partial charge in [0.05, 0.1) is 7.11 Å². The first-order chi connectivity index (χ1) is 11.6. The van der Waals surface area contributed by atoms with E-state index in [1.165, 1.54) is 7.11 Å². The van der Waals surface area contributed by atoms with Crippen molar-refractivity contribution < 1.29 is 19.2 Å². The highest BCUT2D eigenvalue weighted by atomic mass is 16.7. The molecule has 1 heterocycles. The molecule has 146 valence electrons. The topological polar surface area (TPSA) is 55.8 Å². The Morgan fingerprint density at radius 1 is 0.800 bits per heavy atom. The maximum Gasteiger partial charge on any atom is 0.325 e. The number of hydrogen-bond acceptors (Lipinski definition) is 5. The van der Waals surface area contributed by atoms with E-state index in [4.69, 9.17) is 4.84 Å². The van der Waals surface area contributed by atoms with Gasteiger partial charge in [-0.15, -0.1) is 5.06 Å². The first kappa shape index (κ1) is 21.9. The van der Waals surface area contributed by atoms with Crippen molar-refractivity contribution in [2.24, 2.45) is 10.8 Å². The van der Waals surface area contributed by atoms with E-state index in [1.807, 2.05) is 5.06 Å². The largest absolute Gasteiger partial charge is 0.469 e. The average molecular weight is 356 g/mol. The molecule has 25 heavy (non-hydrogen) atoms. The number of hydrogen-bond donors (Lipinski definition) is 0. The summed E-state index contributed by atoms with van der Waals surface area (Å²) in [6.45, 7) is 10.5. The predicted molar refractivity (Wildman–Crippen MR) is 98.8 cm³/mol. The van der Waals surface area contributed by atoms with Gasteiger partial charge in [-0.1, -0.05) is 53.4 Å². The van der Waals surface area contributed by atoms with Crippen molar-refractivity contribution in [1.82, 2.24) is 5.06 Å². The zero-order valence-electron chi connectivity index (χ0n) is 16.9. The van der Waals surface area contributed by atoms with E-state index in [0.717, 1.165) is 58.0 Å². The second-order valence-electron chi connectivity index (χ2n) is 8.96. The van der Waals surface area contributed by atoms with Crippen LogP contribution in [-0.4, -0.2) is 37.2 Å². The Hall–Kier alpha value is -1.10. The molecule has 0 atom stereocenters. The van der Waals surface area contributed by atoms with Gasteiger partial charge in [0.2, 0.25) is 0 Å². The molecule has 0 saturated carbocycles. The second-order valence-corrected chi connectivity index (χ2v) is 8.96. The Labute approximate surface area is 153 Å². The number of esters is 1. The number of methoxy groups -OCH3 is 1. The van der Waals surface area contributed by atoms with Crippen LogP contribution in [-0.2, 0) is 19.2 Å². The molecule has 1 fully saturated rings. The Morgan fingerprint density at radius 3 is 1.72 bits per heavy atom. The van der Waals surface area contributed by atoms with Crippen LogP contribution in [0.2, 0.25) is 0 Å². The van der Waals surface area contributed by atoms with Gasteiger partial charge < -0.3 is 9.57 Å². The van der Waals surface area contributed by atoms with Gasteiger partial charge in [0, 0.05) is 25.9 Å². The summed E-state index contributed by atoms with van der Waals surface area (Å²) in [5, 5.41) is 1.86. The molecule has 0 N–H and O–H groups in total. The van der Waals surface area contributed by atoms with Crippen LogP contribution in [0.3, 0.4) is 0 Å². The molecule has 1 aliphatic rings. The third-order valence-corrected chi connectivity index (χ3v) is 4.64. The van der Waals surface area contributed by atoms with E-state index in [0.29, 0.717) is 12.8 Å². The molecule has 5 heteroatoms. The molecule has 0 bridgehead atoms. The standard InChI is InChI=1S/C20H37NO4/c1-19(2)14-20(3,4)16-21(15-19)25-18(23)13-11-9-7-6-8-10-12-17(22)24-5/h6-16H2,1-5H3. The zero-order valence-corrected chi connectivity index (χ0v) is 16.9. The molecule has 0 spiro atoms. The summed E-state index contributed by atoms with van der Waals surface area (Å²) in [4.78, 5) is 28.6. The van der Waals surface area contributed by atoms with Crippen molar-refractivity contribution in [2.45, 2.75) is 85.5 Å². The van der Waals surface area contributed by atoms with Crippen LogP contribution in [0.25, 0.3) is 0 Å². The number of hydroxylamine groups is 2. The Morgan fingerprint density at radius 2 is 1.24 bits per heavy atom. The normalized spacial score (nSPS) is 19.4. The molecular weight excluding hydrogens is 318 g/mol. The maximum absolute atomic E-state index is 12.1. The minimum Gasteiger partial charge on any atom is -0.469 e. The summed E-state index contributed by atoms with van der Waals surface area (Å²) in [5.41, 5.74) is 0.346. The monoisotopic (exact) mass is 355 g/mol. The van der Waals surface area contributed by atoms with Crippen molar-refractivity contribution in [3.63, 3.8) is 0 Å². The van der Waals surface area contributed by atoms with E-state index in [1.54, 1.807) is 0 Å². The summed E-state index contributed by atoms with van der Waals surface area (Å²) in [5.74, 6) is -0.244. The van der Waals surface area contributed by atoms with Crippen LogP contribution in [0.5, 0.6) is 0 Å². The SMILES string of the molecule is COC(=O)CCCCCCCCC(=O)ON1CC(C)(C)CC(C)(C)C1. The number of ether oxygens (including phenoxy) is 1. The minimum atomic E-state index is -0.133. The van der Waals surface area contributed by atoms with E-state index in [9.17, 15) is 9.59 Å². The summed E-state index contributed by atoms with van der Waals surface area (Å²) in [7, 11) is 1.42. The molecule has 1 aliphatic heterocycles. The smallest absolute Gasteiger partial charge is 0.325 e. The predicted octanol–water partition coefficient (Wildman–Crippen LogP) is 4.50. The number of carbonyl (C=O) groups is 2. The third-order valence-electron chi connectivity index (χ3n) is 4.64. The molecule has 0 aromatic heterocycles. The second kappa shape index (κ2) is 10.1. The molecule has 0 amide bonds. The number of unbranched alkanes of at least 4 members (excludes halogenated alkanes) is 5. The van der Waals surface area contributed by atoms with Gasteiger partial charge >= 0.3 is 11.9 Å².